The third-order valence-electron chi connectivity index (χ3n) is 3.36. The molecule has 2 rings (SSSR count). The summed E-state index contributed by atoms with van der Waals surface area (Å²) in [6.45, 7) is 7.63. The Kier molecular flexibility index (Phi) is 7.52. The Morgan fingerprint density at radius 2 is 1.96 bits per heavy atom. The summed E-state index contributed by atoms with van der Waals surface area (Å²) in [5, 5.41) is 15.1. The van der Waals surface area contributed by atoms with Crippen LogP contribution in [-0.2, 0) is 11.3 Å². The number of hydrogen-bond acceptors (Lipinski definition) is 6. The first-order valence-electron chi connectivity index (χ1n) is 8.10. The zero-order chi connectivity index (χ0) is 17.4. The van der Waals surface area contributed by atoms with Crippen molar-refractivity contribution in [2.24, 2.45) is 5.92 Å². The lowest BCUT2D eigenvalue weighted by Gasteiger charge is -2.11. The van der Waals surface area contributed by atoms with E-state index in [1.165, 1.54) is 28.7 Å². The maximum absolute atomic E-state index is 12.1. The molecule has 1 aromatic heterocycles. The smallest absolute Gasteiger partial charge is 0.233 e. The van der Waals surface area contributed by atoms with Gasteiger partial charge in [-0.3, -0.25) is 4.79 Å². The Morgan fingerprint density at radius 1 is 1.21 bits per heavy atom. The van der Waals surface area contributed by atoms with Crippen molar-refractivity contribution in [3.8, 4) is 0 Å². The number of nitrogens with one attached hydrogen (secondary N) is 2. The molecule has 1 amide bonds. The molecule has 2 aromatic rings. The predicted octanol–water partition coefficient (Wildman–Crippen LogP) is 3.79. The van der Waals surface area contributed by atoms with Crippen LogP contribution in [0.3, 0.4) is 0 Å². The second-order valence-electron chi connectivity index (χ2n) is 5.95. The summed E-state index contributed by atoms with van der Waals surface area (Å²) in [6.07, 6.45) is 0.996. The van der Waals surface area contributed by atoms with E-state index in [9.17, 15) is 4.79 Å². The van der Waals surface area contributed by atoms with Crippen molar-refractivity contribution in [2.45, 2.75) is 43.3 Å². The molecule has 0 aliphatic carbocycles. The molecule has 2 N–H and O–H groups in total. The maximum atomic E-state index is 12.1. The number of carbonyl (C=O) groups is 1. The second-order valence-corrected chi connectivity index (χ2v) is 8.51. The number of anilines is 1. The molecular formula is C17H24N4OS2. The minimum absolute atomic E-state index is 0.0506. The third-order valence-corrected chi connectivity index (χ3v) is 5.43. The molecule has 0 fully saturated rings. The minimum Gasteiger partial charge on any atom is -0.356 e. The Morgan fingerprint density at radius 3 is 2.67 bits per heavy atom. The fourth-order valence-corrected chi connectivity index (χ4v) is 3.85. The lowest BCUT2D eigenvalue weighted by molar-refractivity contribution is -0.120. The van der Waals surface area contributed by atoms with Gasteiger partial charge in [0.25, 0.3) is 0 Å². The minimum atomic E-state index is -0.174. The van der Waals surface area contributed by atoms with Gasteiger partial charge in [0.2, 0.25) is 11.0 Å². The van der Waals surface area contributed by atoms with Gasteiger partial charge in [-0.1, -0.05) is 67.3 Å². The molecule has 1 aromatic carbocycles. The van der Waals surface area contributed by atoms with Gasteiger partial charge in [-0.15, -0.1) is 10.2 Å². The van der Waals surface area contributed by atoms with E-state index in [0.717, 1.165) is 22.4 Å². The van der Waals surface area contributed by atoms with Crippen molar-refractivity contribution in [1.82, 2.24) is 15.5 Å². The normalized spacial score (nSPS) is 12.2. The Labute approximate surface area is 151 Å². The Bertz CT molecular complexity index is 631. The van der Waals surface area contributed by atoms with Crippen molar-refractivity contribution in [3.63, 3.8) is 0 Å². The van der Waals surface area contributed by atoms with Crippen molar-refractivity contribution in [1.29, 1.82) is 0 Å². The first-order chi connectivity index (χ1) is 11.5. The summed E-state index contributed by atoms with van der Waals surface area (Å²) in [7, 11) is 0. The average molecular weight is 365 g/mol. The van der Waals surface area contributed by atoms with E-state index in [1.54, 1.807) is 0 Å². The van der Waals surface area contributed by atoms with Gasteiger partial charge in [-0.05, 0) is 24.8 Å². The number of hydrogen-bond donors (Lipinski definition) is 2. The lowest BCUT2D eigenvalue weighted by Crippen LogP contribution is -2.32. The van der Waals surface area contributed by atoms with Crippen LogP contribution in [0.25, 0.3) is 0 Å². The molecule has 0 aliphatic heterocycles. The van der Waals surface area contributed by atoms with Gasteiger partial charge < -0.3 is 10.6 Å². The summed E-state index contributed by atoms with van der Waals surface area (Å²) < 4.78 is 0.803. The molecular weight excluding hydrogens is 340 g/mol. The molecule has 24 heavy (non-hydrogen) atoms. The quantitative estimate of drug-likeness (QED) is 0.663. The largest absolute Gasteiger partial charge is 0.356 e. The standard InChI is InChI=1S/C17H24N4OS2/c1-12(2)9-10-18-15(22)13(3)23-17-21-20-16(24-17)19-11-14-7-5-4-6-8-14/h4-8,12-13H,9-11H2,1-3H3,(H,18,22)(H,19,20). The lowest BCUT2D eigenvalue weighted by atomic mass is 10.1. The number of thioether (sulfide) groups is 1. The Hall–Kier alpha value is -1.60. The number of carbonyl (C=O) groups excluding carboxylic acids is 1. The zero-order valence-electron chi connectivity index (χ0n) is 14.3. The number of benzene rings is 1. The molecule has 7 heteroatoms. The molecule has 0 saturated carbocycles. The molecule has 1 heterocycles. The average Bonchev–Trinajstić information content (AvgIpc) is 3.01. The molecule has 1 unspecified atom stereocenters. The highest BCUT2D eigenvalue weighted by Crippen LogP contribution is 2.29. The number of nitrogens with zero attached hydrogens (tertiary/aromatic N) is 2. The summed E-state index contributed by atoms with van der Waals surface area (Å²) in [6, 6.07) is 10.1. The number of amides is 1. The maximum Gasteiger partial charge on any atom is 0.233 e. The van der Waals surface area contributed by atoms with Crippen molar-refractivity contribution < 1.29 is 4.79 Å². The van der Waals surface area contributed by atoms with Gasteiger partial charge in [0.1, 0.15) is 0 Å². The molecule has 130 valence electrons. The van der Waals surface area contributed by atoms with Crippen LogP contribution < -0.4 is 10.6 Å². The van der Waals surface area contributed by atoms with Gasteiger partial charge in [0, 0.05) is 13.1 Å². The zero-order valence-corrected chi connectivity index (χ0v) is 15.9. The summed E-state index contributed by atoms with van der Waals surface area (Å²) in [5.41, 5.74) is 1.19. The van der Waals surface area contributed by atoms with Gasteiger partial charge in [-0.2, -0.15) is 0 Å². The molecule has 1 atom stereocenters. The third kappa shape index (κ3) is 6.49. The number of aromatic nitrogens is 2. The van der Waals surface area contributed by atoms with E-state index < -0.39 is 0 Å². The van der Waals surface area contributed by atoms with Crippen LogP contribution in [0.1, 0.15) is 32.8 Å². The van der Waals surface area contributed by atoms with Crippen LogP contribution in [0.2, 0.25) is 0 Å². The predicted molar refractivity (Wildman–Crippen MR) is 101 cm³/mol. The summed E-state index contributed by atoms with van der Waals surface area (Å²) in [4.78, 5) is 12.1. The van der Waals surface area contributed by atoms with E-state index in [2.05, 4.69) is 46.8 Å². The Balaban J connectivity index is 1.77. The highest BCUT2D eigenvalue weighted by molar-refractivity contribution is 8.02. The second kappa shape index (κ2) is 9.64. The molecule has 0 spiro atoms. The fourth-order valence-electron chi connectivity index (χ4n) is 1.93. The molecule has 0 saturated heterocycles. The fraction of sp³-hybridized carbons (Fsp3) is 0.471. The van der Waals surface area contributed by atoms with Crippen LogP contribution in [0.5, 0.6) is 0 Å². The van der Waals surface area contributed by atoms with Crippen molar-refractivity contribution in [3.05, 3.63) is 35.9 Å². The highest BCUT2D eigenvalue weighted by atomic mass is 32.2. The van der Waals surface area contributed by atoms with Crippen molar-refractivity contribution in [2.75, 3.05) is 11.9 Å². The van der Waals surface area contributed by atoms with E-state index in [1.807, 2.05) is 25.1 Å². The number of rotatable bonds is 9. The van der Waals surface area contributed by atoms with Crippen LogP contribution in [0, 0.1) is 5.92 Å². The van der Waals surface area contributed by atoms with E-state index in [0.29, 0.717) is 12.5 Å². The highest BCUT2D eigenvalue weighted by Gasteiger charge is 2.16. The van der Waals surface area contributed by atoms with Gasteiger partial charge in [-0.25, -0.2) is 0 Å². The van der Waals surface area contributed by atoms with Crippen LogP contribution in [0.4, 0.5) is 5.13 Å². The first kappa shape index (κ1) is 18.7. The molecule has 0 bridgehead atoms. The molecule has 0 radical (unpaired) electrons. The van der Waals surface area contributed by atoms with Crippen LogP contribution in [-0.4, -0.2) is 27.9 Å². The van der Waals surface area contributed by atoms with Crippen LogP contribution >= 0.6 is 23.1 Å². The summed E-state index contributed by atoms with van der Waals surface area (Å²) in [5.74, 6) is 0.643. The molecule has 5 nitrogen and oxygen atoms in total. The molecule has 0 aliphatic rings. The van der Waals surface area contributed by atoms with E-state index in [4.69, 9.17) is 0 Å². The van der Waals surface area contributed by atoms with E-state index >= 15 is 0 Å². The van der Waals surface area contributed by atoms with Crippen molar-refractivity contribution >= 4 is 34.1 Å². The van der Waals surface area contributed by atoms with Crippen LogP contribution in [0.15, 0.2) is 34.7 Å². The van der Waals surface area contributed by atoms with Gasteiger partial charge >= 0.3 is 0 Å². The first-order valence-corrected chi connectivity index (χ1v) is 9.80. The van der Waals surface area contributed by atoms with Gasteiger partial charge in [0.15, 0.2) is 4.34 Å². The summed E-state index contributed by atoms with van der Waals surface area (Å²) >= 11 is 2.92. The van der Waals surface area contributed by atoms with Gasteiger partial charge in [0.05, 0.1) is 5.25 Å². The topological polar surface area (TPSA) is 66.9 Å². The monoisotopic (exact) mass is 364 g/mol. The van der Waals surface area contributed by atoms with E-state index in [-0.39, 0.29) is 11.2 Å². The SMILES string of the molecule is CC(C)CCNC(=O)C(C)Sc1nnc(NCc2ccccc2)s1.